The number of fused-ring (bicyclic) bond motifs is 1. The van der Waals surface area contributed by atoms with E-state index in [1.54, 1.807) is 0 Å². The second kappa shape index (κ2) is 6.97. The molecule has 0 spiro atoms. The molecule has 4 nitrogen and oxygen atoms in total. The van der Waals surface area contributed by atoms with Gasteiger partial charge in [-0.2, -0.15) is 5.26 Å². The highest BCUT2D eigenvalue weighted by Gasteiger charge is 2.15. The van der Waals surface area contributed by atoms with Gasteiger partial charge in [0.1, 0.15) is 16.7 Å². The normalized spacial score (nSPS) is 10.9. The van der Waals surface area contributed by atoms with Crippen LogP contribution < -0.4 is 5.63 Å². The van der Waals surface area contributed by atoms with Gasteiger partial charge in [-0.3, -0.25) is 0 Å². The Balaban J connectivity index is 2.06. The average molecular weight is 364 g/mol. The highest BCUT2D eigenvalue weighted by molar-refractivity contribution is 7.98. The Morgan fingerprint density at radius 3 is 2.54 bits per heavy atom. The third-order valence-electron chi connectivity index (χ3n) is 4.96. The van der Waals surface area contributed by atoms with Crippen molar-refractivity contribution in [2.75, 3.05) is 0 Å². The fourth-order valence-corrected chi connectivity index (χ4v) is 4.01. The summed E-state index contributed by atoms with van der Waals surface area (Å²) in [5.41, 5.74) is 6.78. The summed E-state index contributed by atoms with van der Waals surface area (Å²) in [7, 11) is 0. The largest absolute Gasteiger partial charge is 0.422 e. The molecule has 0 N–H and O–H groups in total. The highest BCUT2D eigenvalue weighted by atomic mass is 32.2. The lowest BCUT2D eigenvalue weighted by Crippen LogP contribution is -2.03. The topological polar surface area (TPSA) is 66.9 Å². The van der Waals surface area contributed by atoms with Gasteiger partial charge in [-0.1, -0.05) is 12.1 Å². The molecule has 0 fully saturated rings. The van der Waals surface area contributed by atoms with Gasteiger partial charge in [-0.15, -0.1) is 11.8 Å². The highest BCUT2D eigenvalue weighted by Crippen LogP contribution is 2.31. The van der Waals surface area contributed by atoms with Gasteiger partial charge < -0.3 is 4.42 Å². The summed E-state index contributed by atoms with van der Waals surface area (Å²) in [4.78, 5) is 16.6. The molecule has 0 bridgehead atoms. The standard InChI is InChI=1S/C21H20N2O2S/c1-11-6-7-17-16(8-19(24)25-20(17)12(11)2)10-26-21-18(9-22)14(4)13(3)15(5)23-21/h6-8H,10H2,1-5H3. The number of pyridine rings is 1. The first kappa shape index (κ1) is 18.2. The molecular weight excluding hydrogens is 344 g/mol. The van der Waals surface area contributed by atoms with Crippen LogP contribution in [0.25, 0.3) is 11.0 Å². The minimum Gasteiger partial charge on any atom is -0.422 e. The first-order chi connectivity index (χ1) is 12.3. The number of hydrogen-bond acceptors (Lipinski definition) is 5. The molecule has 0 amide bonds. The third-order valence-corrected chi connectivity index (χ3v) is 5.98. The van der Waals surface area contributed by atoms with E-state index in [0.717, 1.165) is 38.9 Å². The Hall–Kier alpha value is -2.58. The van der Waals surface area contributed by atoms with Crippen molar-refractivity contribution in [2.45, 2.75) is 45.4 Å². The van der Waals surface area contributed by atoms with Gasteiger partial charge in [0.15, 0.2) is 0 Å². The van der Waals surface area contributed by atoms with Crippen LogP contribution in [0.5, 0.6) is 0 Å². The van der Waals surface area contributed by atoms with Crippen molar-refractivity contribution in [3.05, 3.63) is 67.7 Å². The van der Waals surface area contributed by atoms with Crippen molar-refractivity contribution in [1.29, 1.82) is 5.26 Å². The minimum atomic E-state index is -0.355. The van der Waals surface area contributed by atoms with Crippen molar-refractivity contribution in [3.63, 3.8) is 0 Å². The maximum absolute atomic E-state index is 12.0. The first-order valence-electron chi connectivity index (χ1n) is 8.37. The summed E-state index contributed by atoms with van der Waals surface area (Å²) >= 11 is 1.48. The summed E-state index contributed by atoms with van der Waals surface area (Å²) in [6.07, 6.45) is 0. The van der Waals surface area contributed by atoms with Crippen LogP contribution in [0.15, 0.2) is 32.4 Å². The lowest BCUT2D eigenvalue weighted by atomic mass is 10.0. The Morgan fingerprint density at radius 2 is 1.85 bits per heavy atom. The number of nitriles is 1. The van der Waals surface area contributed by atoms with E-state index in [9.17, 15) is 10.1 Å². The molecule has 0 aliphatic rings. The molecule has 0 aliphatic heterocycles. The van der Waals surface area contributed by atoms with Gasteiger partial charge in [0.25, 0.3) is 0 Å². The van der Waals surface area contributed by atoms with Crippen LogP contribution in [-0.4, -0.2) is 4.98 Å². The second-order valence-corrected chi connectivity index (χ2v) is 7.47. The van der Waals surface area contributed by atoms with E-state index in [1.807, 2.05) is 46.8 Å². The number of thioether (sulfide) groups is 1. The molecule has 0 aliphatic carbocycles. The Labute approximate surface area is 156 Å². The van der Waals surface area contributed by atoms with Crippen LogP contribution in [0.1, 0.15) is 39.1 Å². The maximum atomic E-state index is 12.0. The average Bonchev–Trinajstić information content (AvgIpc) is 2.61. The van der Waals surface area contributed by atoms with Gasteiger partial charge >= 0.3 is 5.63 Å². The number of nitrogens with zero attached hydrogens (tertiary/aromatic N) is 2. The van der Waals surface area contributed by atoms with Gasteiger partial charge in [-0.25, -0.2) is 9.78 Å². The van der Waals surface area contributed by atoms with Gasteiger partial charge in [0.05, 0.1) is 5.56 Å². The van der Waals surface area contributed by atoms with Crippen LogP contribution in [0.2, 0.25) is 0 Å². The Bertz CT molecular complexity index is 1120. The van der Waals surface area contributed by atoms with E-state index in [4.69, 9.17) is 4.42 Å². The summed E-state index contributed by atoms with van der Waals surface area (Å²) in [6, 6.07) is 7.82. The maximum Gasteiger partial charge on any atom is 0.336 e. The molecule has 2 heterocycles. The van der Waals surface area contributed by atoms with Gasteiger partial charge in [0.2, 0.25) is 0 Å². The molecule has 0 saturated carbocycles. The van der Waals surface area contributed by atoms with Crippen molar-refractivity contribution in [1.82, 2.24) is 4.98 Å². The molecule has 2 aromatic heterocycles. The van der Waals surface area contributed by atoms with Gasteiger partial charge in [0, 0.05) is 22.9 Å². The predicted molar refractivity (Wildman–Crippen MR) is 105 cm³/mol. The fourth-order valence-electron chi connectivity index (χ4n) is 2.94. The lowest BCUT2D eigenvalue weighted by Gasteiger charge is -2.12. The fraction of sp³-hybridized carbons (Fsp3) is 0.286. The molecule has 0 unspecified atom stereocenters. The number of rotatable bonds is 3. The monoisotopic (exact) mass is 364 g/mol. The SMILES string of the molecule is Cc1ccc2c(CSc3nc(C)c(C)c(C)c3C#N)cc(=O)oc2c1C. The number of aryl methyl sites for hydroxylation is 3. The first-order valence-corrected chi connectivity index (χ1v) is 9.35. The van der Waals surface area contributed by atoms with Crippen LogP contribution in [0, 0.1) is 45.9 Å². The smallest absolute Gasteiger partial charge is 0.336 e. The second-order valence-electron chi connectivity index (χ2n) is 6.50. The van der Waals surface area contributed by atoms with E-state index in [0.29, 0.717) is 21.9 Å². The van der Waals surface area contributed by atoms with E-state index in [1.165, 1.54) is 17.8 Å². The number of hydrogen-bond donors (Lipinski definition) is 0. The molecule has 0 radical (unpaired) electrons. The summed E-state index contributed by atoms with van der Waals surface area (Å²) in [5, 5.41) is 11.2. The number of aromatic nitrogens is 1. The van der Waals surface area contributed by atoms with Crippen LogP contribution in [0.3, 0.4) is 0 Å². The van der Waals surface area contributed by atoms with Crippen LogP contribution in [0.4, 0.5) is 0 Å². The van der Waals surface area contributed by atoms with Gasteiger partial charge in [-0.05, 0) is 62.4 Å². The zero-order valence-electron chi connectivity index (χ0n) is 15.6. The molecule has 3 rings (SSSR count). The van der Waals surface area contributed by atoms with Crippen molar-refractivity contribution in [3.8, 4) is 6.07 Å². The van der Waals surface area contributed by atoms with Crippen molar-refractivity contribution < 1.29 is 4.42 Å². The predicted octanol–water partition coefficient (Wildman–Crippen LogP) is 4.89. The van der Waals surface area contributed by atoms with Crippen molar-refractivity contribution >= 4 is 22.7 Å². The molecule has 5 heteroatoms. The van der Waals surface area contributed by atoms with Crippen LogP contribution in [-0.2, 0) is 5.75 Å². The molecule has 132 valence electrons. The summed E-state index contributed by atoms with van der Waals surface area (Å²) in [6.45, 7) is 9.84. The zero-order valence-corrected chi connectivity index (χ0v) is 16.4. The summed E-state index contributed by atoms with van der Waals surface area (Å²) in [5.74, 6) is 0.550. The Morgan fingerprint density at radius 1 is 1.12 bits per heavy atom. The molecule has 0 saturated heterocycles. The lowest BCUT2D eigenvalue weighted by molar-refractivity contribution is 0.557. The zero-order chi connectivity index (χ0) is 19.0. The molecule has 0 atom stereocenters. The van der Waals surface area contributed by atoms with Crippen LogP contribution >= 0.6 is 11.8 Å². The quantitative estimate of drug-likeness (QED) is 0.489. The summed E-state index contributed by atoms with van der Waals surface area (Å²) < 4.78 is 5.43. The minimum absolute atomic E-state index is 0.355. The molecule has 26 heavy (non-hydrogen) atoms. The van der Waals surface area contributed by atoms with E-state index >= 15 is 0 Å². The van der Waals surface area contributed by atoms with Crippen molar-refractivity contribution in [2.24, 2.45) is 0 Å². The third kappa shape index (κ3) is 3.13. The number of benzene rings is 1. The molecule has 3 aromatic rings. The Kier molecular flexibility index (Phi) is 4.88. The van der Waals surface area contributed by atoms with E-state index < -0.39 is 0 Å². The van der Waals surface area contributed by atoms with E-state index in [-0.39, 0.29) is 5.63 Å². The molecule has 1 aromatic carbocycles. The molecular formula is C21H20N2O2S. The van der Waals surface area contributed by atoms with E-state index in [2.05, 4.69) is 11.1 Å².